The fourth-order valence-corrected chi connectivity index (χ4v) is 5.26. The number of aromatic nitrogens is 2. The molecule has 1 aliphatic heterocycles. The van der Waals surface area contributed by atoms with Crippen molar-refractivity contribution in [1.82, 2.24) is 15.3 Å². The summed E-state index contributed by atoms with van der Waals surface area (Å²) in [7, 11) is -0.439. The van der Waals surface area contributed by atoms with Gasteiger partial charge in [0.15, 0.2) is 0 Å². The van der Waals surface area contributed by atoms with E-state index in [0.717, 1.165) is 54.0 Å². The summed E-state index contributed by atoms with van der Waals surface area (Å²) in [5, 5.41) is 7.53. The molecule has 9 heteroatoms. The van der Waals surface area contributed by atoms with Gasteiger partial charge >= 0.3 is 13.2 Å². The summed E-state index contributed by atoms with van der Waals surface area (Å²) < 4.78 is 18.0. The molecule has 2 aromatic rings. The van der Waals surface area contributed by atoms with Gasteiger partial charge in [0.25, 0.3) is 0 Å². The SMILES string of the molecule is C#CCC1(Nc2ncc3cc(B4OC(C)(C)C(C)(C)O4)cc(CC)c3n2)CCC(NC(=O)OC(C)(C)C)CC1. The Hall–Kier alpha value is -2.83. The van der Waals surface area contributed by atoms with Gasteiger partial charge in [0.2, 0.25) is 5.95 Å². The van der Waals surface area contributed by atoms with Crippen LogP contribution in [-0.2, 0) is 20.5 Å². The Morgan fingerprint density at radius 1 is 1.18 bits per heavy atom. The third kappa shape index (κ3) is 6.50. The van der Waals surface area contributed by atoms with Crippen molar-refractivity contribution >= 4 is 35.5 Å². The van der Waals surface area contributed by atoms with E-state index in [2.05, 4.69) is 68.3 Å². The van der Waals surface area contributed by atoms with Crippen LogP contribution in [0.1, 0.15) is 93.1 Å². The van der Waals surface area contributed by atoms with Crippen molar-refractivity contribution in [2.75, 3.05) is 5.32 Å². The lowest BCUT2D eigenvalue weighted by Gasteiger charge is -2.40. The van der Waals surface area contributed by atoms with Gasteiger partial charge in [-0.1, -0.05) is 19.1 Å². The number of benzene rings is 1. The molecule has 8 nitrogen and oxygen atoms in total. The molecule has 0 bridgehead atoms. The number of terminal acetylenes is 1. The van der Waals surface area contributed by atoms with Gasteiger partial charge in [-0.05, 0) is 91.6 Å². The smallest absolute Gasteiger partial charge is 0.444 e. The van der Waals surface area contributed by atoms with Crippen LogP contribution in [0.5, 0.6) is 0 Å². The second-order valence-corrected chi connectivity index (χ2v) is 13.0. The van der Waals surface area contributed by atoms with Gasteiger partial charge in [-0.2, -0.15) is 0 Å². The van der Waals surface area contributed by atoms with Crippen LogP contribution < -0.4 is 16.1 Å². The second-order valence-electron chi connectivity index (χ2n) is 13.0. The molecule has 0 atom stereocenters. The van der Waals surface area contributed by atoms with E-state index in [1.165, 1.54) is 0 Å². The van der Waals surface area contributed by atoms with E-state index in [1.54, 1.807) is 0 Å². The quantitative estimate of drug-likeness (QED) is 0.392. The molecule has 2 heterocycles. The minimum Gasteiger partial charge on any atom is -0.444 e. The van der Waals surface area contributed by atoms with E-state index in [9.17, 15) is 4.79 Å². The molecule has 4 rings (SSSR count). The highest BCUT2D eigenvalue weighted by atomic mass is 16.7. The number of aryl methyl sites for hydroxylation is 1. The van der Waals surface area contributed by atoms with Crippen LogP contribution in [0.15, 0.2) is 18.3 Å². The summed E-state index contributed by atoms with van der Waals surface area (Å²) in [6, 6.07) is 4.24. The van der Waals surface area contributed by atoms with Crippen molar-refractivity contribution in [1.29, 1.82) is 0 Å². The topological polar surface area (TPSA) is 94.6 Å². The van der Waals surface area contributed by atoms with Crippen molar-refractivity contribution in [2.45, 2.75) is 122 Å². The monoisotopic (exact) mass is 534 g/mol. The number of alkyl carbamates (subject to hydrolysis) is 1. The average Bonchev–Trinajstić information content (AvgIpc) is 3.05. The number of hydrogen-bond donors (Lipinski definition) is 2. The fourth-order valence-electron chi connectivity index (χ4n) is 5.26. The summed E-state index contributed by atoms with van der Waals surface area (Å²) in [4.78, 5) is 21.9. The van der Waals surface area contributed by atoms with Gasteiger partial charge < -0.3 is 24.7 Å². The molecule has 0 spiro atoms. The summed E-state index contributed by atoms with van der Waals surface area (Å²) in [6.45, 7) is 15.9. The Bertz CT molecular complexity index is 1240. The first-order valence-corrected chi connectivity index (χ1v) is 14.0. The van der Waals surface area contributed by atoms with Gasteiger partial charge in [-0.3, -0.25) is 0 Å². The number of nitrogens with one attached hydrogen (secondary N) is 2. The molecule has 210 valence electrons. The van der Waals surface area contributed by atoms with Crippen LogP contribution in [0.25, 0.3) is 10.9 Å². The van der Waals surface area contributed by atoms with E-state index in [0.29, 0.717) is 12.4 Å². The Balaban J connectivity index is 1.51. The molecule has 0 unspecified atom stereocenters. The standard InChI is InChI=1S/C30H43BN4O4/c1-10-14-30(15-12-23(13-16-30)33-26(36)37-27(3,4)5)35-25-32-19-21-18-22(17-20(11-2)24(21)34-25)31-38-28(6,7)29(8,9)39-31/h1,17-19,23H,11-16H2,2-9H3,(H,33,36)(H,32,34,35). The first-order valence-electron chi connectivity index (χ1n) is 14.0. The van der Waals surface area contributed by atoms with E-state index < -0.39 is 23.9 Å². The number of fused-ring (bicyclic) bond motifs is 1. The van der Waals surface area contributed by atoms with E-state index in [-0.39, 0.29) is 17.7 Å². The number of anilines is 1. The lowest BCUT2D eigenvalue weighted by molar-refractivity contribution is 0.00578. The highest BCUT2D eigenvalue weighted by Crippen LogP contribution is 2.37. The zero-order valence-corrected chi connectivity index (χ0v) is 24.7. The third-order valence-electron chi connectivity index (χ3n) is 8.17. The molecule has 1 aromatic heterocycles. The van der Waals surface area contributed by atoms with Crippen molar-refractivity contribution in [3.05, 3.63) is 23.9 Å². The van der Waals surface area contributed by atoms with Crippen molar-refractivity contribution in [3.63, 3.8) is 0 Å². The van der Waals surface area contributed by atoms with Crippen molar-refractivity contribution in [3.8, 4) is 12.3 Å². The number of amides is 1. The number of carbonyl (C=O) groups is 1. The van der Waals surface area contributed by atoms with Gasteiger partial charge in [-0.25, -0.2) is 14.8 Å². The first kappa shape index (κ1) is 29.2. The number of rotatable bonds is 6. The molecule has 1 saturated heterocycles. The van der Waals surface area contributed by atoms with Crippen LogP contribution in [-0.4, -0.2) is 51.6 Å². The van der Waals surface area contributed by atoms with Crippen molar-refractivity contribution < 1.29 is 18.8 Å². The van der Waals surface area contributed by atoms with Gasteiger partial charge in [0, 0.05) is 24.0 Å². The van der Waals surface area contributed by atoms with Crippen LogP contribution in [0, 0.1) is 12.3 Å². The number of nitrogens with zero attached hydrogens (tertiary/aromatic N) is 2. The lowest BCUT2D eigenvalue weighted by atomic mass is 9.77. The Kier molecular flexibility index (Phi) is 7.95. The molecular weight excluding hydrogens is 491 g/mol. The molecule has 2 aliphatic rings. The lowest BCUT2D eigenvalue weighted by Crippen LogP contribution is -2.48. The van der Waals surface area contributed by atoms with Gasteiger partial charge in [-0.15, -0.1) is 12.3 Å². The maximum Gasteiger partial charge on any atom is 0.494 e. The molecule has 2 N–H and O–H groups in total. The van der Waals surface area contributed by atoms with E-state index in [1.807, 2.05) is 27.0 Å². The van der Waals surface area contributed by atoms with E-state index in [4.69, 9.17) is 25.5 Å². The van der Waals surface area contributed by atoms with Crippen LogP contribution in [0.3, 0.4) is 0 Å². The largest absolute Gasteiger partial charge is 0.494 e. The van der Waals surface area contributed by atoms with Gasteiger partial charge in [0.05, 0.1) is 22.3 Å². The number of carbonyl (C=O) groups excluding carboxylic acids is 1. The summed E-state index contributed by atoms with van der Waals surface area (Å²) in [6.07, 6.45) is 11.8. The molecule has 2 fully saturated rings. The van der Waals surface area contributed by atoms with Gasteiger partial charge in [0.1, 0.15) is 5.60 Å². The summed E-state index contributed by atoms with van der Waals surface area (Å²) in [5.41, 5.74) is 1.33. The minimum absolute atomic E-state index is 0.0465. The second kappa shape index (κ2) is 10.6. The molecule has 1 saturated carbocycles. The fraction of sp³-hybridized carbons (Fsp3) is 0.633. The normalized spacial score (nSPS) is 24.3. The molecular formula is C30H43BN4O4. The number of hydrogen-bond acceptors (Lipinski definition) is 7. The minimum atomic E-state index is -0.524. The molecule has 0 radical (unpaired) electrons. The van der Waals surface area contributed by atoms with Crippen LogP contribution in [0.2, 0.25) is 0 Å². The molecule has 39 heavy (non-hydrogen) atoms. The summed E-state index contributed by atoms with van der Waals surface area (Å²) >= 11 is 0. The highest BCUT2D eigenvalue weighted by Gasteiger charge is 2.51. The molecule has 1 amide bonds. The maximum atomic E-state index is 12.2. The third-order valence-corrected chi connectivity index (χ3v) is 8.17. The Morgan fingerprint density at radius 2 is 1.82 bits per heavy atom. The summed E-state index contributed by atoms with van der Waals surface area (Å²) in [5.74, 6) is 3.40. The van der Waals surface area contributed by atoms with Crippen LogP contribution in [0.4, 0.5) is 10.7 Å². The Labute approximate surface area is 233 Å². The van der Waals surface area contributed by atoms with Crippen molar-refractivity contribution in [2.24, 2.45) is 0 Å². The average molecular weight is 535 g/mol. The highest BCUT2D eigenvalue weighted by molar-refractivity contribution is 6.62. The maximum absolute atomic E-state index is 12.2. The predicted molar refractivity (Wildman–Crippen MR) is 156 cm³/mol. The van der Waals surface area contributed by atoms with E-state index >= 15 is 0 Å². The molecule has 1 aromatic carbocycles. The predicted octanol–water partition coefficient (Wildman–Crippen LogP) is 5.13. The Morgan fingerprint density at radius 3 is 2.38 bits per heavy atom. The molecule has 1 aliphatic carbocycles. The number of ether oxygens (including phenoxy) is 1. The zero-order valence-electron chi connectivity index (χ0n) is 24.7. The zero-order chi connectivity index (χ0) is 28.6. The first-order chi connectivity index (χ1) is 18.2. The van der Waals surface area contributed by atoms with Crippen LogP contribution >= 0.6 is 0 Å².